The second-order valence-corrected chi connectivity index (χ2v) is 6.80. The average Bonchev–Trinajstić information content (AvgIpc) is 3.39. The number of aromatic amines is 1. The van der Waals surface area contributed by atoms with Crippen molar-refractivity contribution in [2.75, 3.05) is 5.32 Å². The fourth-order valence-electron chi connectivity index (χ4n) is 3.18. The summed E-state index contributed by atoms with van der Waals surface area (Å²) >= 11 is 0. The predicted molar refractivity (Wildman–Crippen MR) is 97.0 cm³/mol. The van der Waals surface area contributed by atoms with Gasteiger partial charge in [-0.15, -0.1) is 0 Å². The number of nitrogens with one attached hydrogen (secondary N) is 2. The van der Waals surface area contributed by atoms with E-state index in [4.69, 9.17) is 0 Å². The molecule has 2 heterocycles. The minimum atomic E-state index is -0.388. The number of rotatable bonds is 4. The molecule has 25 heavy (non-hydrogen) atoms. The van der Waals surface area contributed by atoms with E-state index in [0.29, 0.717) is 23.0 Å². The van der Waals surface area contributed by atoms with Gasteiger partial charge in [0.2, 0.25) is 5.95 Å². The Bertz CT molecular complexity index is 1070. The molecule has 2 N–H and O–H groups in total. The zero-order valence-corrected chi connectivity index (χ0v) is 14.5. The second kappa shape index (κ2) is 5.61. The lowest BCUT2D eigenvalue weighted by molar-refractivity contribution is 0.708. The smallest absolute Gasteiger partial charge is 0.332 e. The Hall–Kier alpha value is -2.83. The molecule has 1 fully saturated rings. The van der Waals surface area contributed by atoms with Gasteiger partial charge in [0.05, 0.1) is 6.04 Å². The quantitative estimate of drug-likeness (QED) is 0.761. The van der Waals surface area contributed by atoms with Crippen molar-refractivity contribution < 1.29 is 0 Å². The Kier molecular flexibility index (Phi) is 3.52. The van der Waals surface area contributed by atoms with Crippen molar-refractivity contribution in [1.82, 2.24) is 19.1 Å². The SMILES string of the molecule is CC(Nc1nc2c([nH]1)c(=O)n(C)c(=O)n2C)c1cccc(C2CC2)c1. The van der Waals surface area contributed by atoms with Crippen LogP contribution in [-0.4, -0.2) is 19.1 Å². The number of imidazole rings is 1. The van der Waals surface area contributed by atoms with Crippen LogP contribution in [0.25, 0.3) is 11.2 Å². The summed E-state index contributed by atoms with van der Waals surface area (Å²) in [7, 11) is 3.07. The highest BCUT2D eigenvalue weighted by molar-refractivity contribution is 5.72. The van der Waals surface area contributed by atoms with Gasteiger partial charge >= 0.3 is 5.69 Å². The molecule has 1 unspecified atom stereocenters. The van der Waals surface area contributed by atoms with Crippen molar-refractivity contribution in [3.63, 3.8) is 0 Å². The van der Waals surface area contributed by atoms with Crippen molar-refractivity contribution in [3.05, 3.63) is 56.2 Å². The van der Waals surface area contributed by atoms with E-state index in [1.165, 1.54) is 35.6 Å². The van der Waals surface area contributed by atoms with E-state index in [2.05, 4.69) is 46.5 Å². The Morgan fingerprint density at radius 2 is 2.00 bits per heavy atom. The van der Waals surface area contributed by atoms with Crippen molar-refractivity contribution >= 4 is 17.1 Å². The normalized spacial score (nSPS) is 15.5. The third-order valence-electron chi connectivity index (χ3n) is 4.91. The fraction of sp³-hybridized carbons (Fsp3) is 0.389. The van der Waals surface area contributed by atoms with E-state index in [-0.39, 0.29) is 17.3 Å². The first kappa shape index (κ1) is 15.7. The fourth-order valence-corrected chi connectivity index (χ4v) is 3.18. The number of anilines is 1. The summed E-state index contributed by atoms with van der Waals surface area (Å²) in [6.07, 6.45) is 2.54. The maximum absolute atomic E-state index is 12.2. The molecule has 0 spiro atoms. The molecule has 1 atom stereocenters. The number of H-pyrrole nitrogens is 1. The number of benzene rings is 1. The molecule has 0 saturated heterocycles. The van der Waals surface area contributed by atoms with Gasteiger partial charge in [0.25, 0.3) is 5.56 Å². The highest BCUT2D eigenvalue weighted by Gasteiger charge is 2.24. The Balaban J connectivity index is 1.67. The van der Waals surface area contributed by atoms with Crippen LogP contribution in [-0.2, 0) is 14.1 Å². The molecule has 4 rings (SSSR count). The molecule has 0 amide bonds. The van der Waals surface area contributed by atoms with Crippen LogP contribution < -0.4 is 16.6 Å². The maximum Gasteiger partial charge on any atom is 0.332 e. The highest BCUT2D eigenvalue weighted by atomic mass is 16.2. The molecular formula is C18H21N5O2. The zero-order valence-electron chi connectivity index (χ0n) is 14.5. The summed E-state index contributed by atoms with van der Waals surface area (Å²) in [6.45, 7) is 2.05. The third-order valence-corrected chi connectivity index (χ3v) is 4.91. The highest BCUT2D eigenvalue weighted by Crippen LogP contribution is 2.40. The molecule has 7 heteroatoms. The maximum atomic E-state index is 12.2. The monoisotopic (exact) mass is 339 g/mol. The van der Waals surface area contributed by atoms with Crippen molar-refractivity contribution in [2.45, 2.75) is 31.7 Å². The molecule has 0 aliphatic heterocycles. The first-order chi connectivity index (χ1) is 12.0. The number of aromatic nitrogens is 4. The van der Waals surface area contributed by atoms with Gasteiger partial charge in [-0.25, -0.2) is 4.79 Å². The molecule has 1 saturated carbocycles. The van der Waals surface area contributed by atoms with Crippen molar-refractivity contribution in [3.8, 4) is 0 Å². The molecule has 1 aliphatic carbocycles. The van der Waals surface area contributed by atoms with Gasteiger partial charge < -0.3 is 10.3 Å². The lowest BCUT2D eigenvalue weighted by atomic mass is 10.0. The number of hydrogen-bond donors (Lipinski definition) is 2. The number of hydrogen-bond acceptors (Lipinski definition) is 4. The van der Waals surface area contributed by atoms with Crippen LogP contribution in [0.15, 0.2) is 33.9 Å². The summed E-state index contributed by atoms with van der Waals surface area (Å²) in [5.74, 6) is 1.19. The molecule has 130 valence electrons. The first-order valence-corrected chi connectivity index (χ1v) is 8.48. The van der Waals surface area contributed by atoms with Crippen LogP contribution in [0.4, 0.5) is 5.95 Å². The van der Waals surface area contributed by atoms with Crippen LogP contribution in [0, 0.1) is 0 Å². The largest absolute Gasteiger partial charge is 0.349 e. The lowest BCUT2D eigenvalue weighted by Gasteiger charge is -2.14. The summed E-state index contributed by atoms with van der Waals surface area (Å²) in [6, 6.07) is 8.60. The van der Waals surface area contributed by atoms with Crippen molar-refractivity contribution in [2.24, 2.45) is 14.1 Å². The minimum Gasteiger partial charge on any atom is -0.349 e. The number of nitrogens with zero attached hydrogens (tertiary/aromatic N) is 3. The molecular weight excluding hydrogens is 318 g/mol. The number of aryl methyl sites for hydroxylation is 1. The van der Waals surface area contributed by atoms with E-state index >= 15 is 0 Å². The first-order valence-electron chi connectivity index (χ1n) is 8.48. The van der Waals surface area contributed by atoms with E-state index in [1.807, 2.05) is 0 Å². The molecule has 0 radical (unpaired) electrons. The van der Waals surface area contributed by atoms with Crippen LogP contribution in [0.3, 0.4) is 0 Å². The topological polar surface area (TPSA) is 84.7 Å². The van der Waals surface area contributed by atoms with Crippen LogP contribution in [0.5, 0.6) is 0 Å². The zero-order chi connectivity index (χ0) is 17.7. The van der Waals surface area contributed by atoms with Gasteiger partial charge in [0.1, 0.15) is 0 Å². The standard InChI is InChI=1S/C18H21N5O2/c1-10(12-5-4-6-13(9-12)11-7-8-11)19-17-20-14-15(21-17)22(2)18(25)23(3)16(14)24/h4-6,9-11H,7-8H2,1-3H3,(H2,19,20,21). The van der Waals surface area contributed by atoms with Crippen LogP contribution in [0.2, 0.25) is 0 Å². The molecule has 1 aliphatic rings. The number of fused-ring (bicyclic) bond motifs is 1. The van der Waals surface area contributed by atoms with Crippen LogP contribution >= 0.6 is 0 Å². The van der Waals surface area contributed by atoms with Gasteiger partial charge in [0.15, 0.2) is 11.2 Å². The van der Waals surface area contributed by atoms with Crippen molar-refractivity contribution in [1.29, 1.82) is 0 Å². The lowest BCUT2D eigenvalue weighted by Crippen LogP contribution is -2.36. The Labute approximate surface area is 144 Å². The Morgan fingerprint density at radius 3 is 2.72 bits per heavy atom. The van der Waals surface area contributed by atoms with Gasteiger partial charge in [-0.3, -0.25) is 13.9 Å². The molecule has 7 nitrogen and oxygen atoms in total. The van der Waals surface area contributed by atoms with Gasteiger partial charge in [0, 0.05) is 14.1 Å². The molecule has 1 aromatic carbocycles. The van der Waals surface area contributed by atoms with Crippen LogP contribution in [0.1, 0.15) is 42.9 Å². The van der Waals surface area contributed by atoms with Gasteiger partial charge in [-0.05, 0) is 36.8 Å². The summed E-state index contributed by atoms with van der Waals surface area (Å²) in [5, 5.41) is 3.30. The molecule has 3 aromatic rings. The summed E-state index contributed by atoms with van der Waals surface area (Å²) < 4.78 is 2.45. The minimum absolute atomic E-state index is 0.0279. The Morgan fingerprint density at radius 1 is 1.24 bits per heavy atom. The third kappa shape index (κ3) is 2.65. The average molecular weight is 339 g/mol. The van der Waals surface area contributed by atoms with E-state index in [9.17, 15) is 9.59 Å². The van der Waals surface area contributed by atoms with E-state index < -0.39 is 0 Å². The molecule has 2 aromatic heterocycles. The van der Waals surface area contributed by atoms with E-state index in [1.54, 1.807) is 7.05 Å². The molecule has 0 bridgehead atoms. The second-order valence-electron chi connectivity index (χ2n) is 6.80. The van der Waals surface area contributed by atoms with E-state index in [0.717, 1.165) is 4.57 Å². The van der Waals surface area contributed by atoms with Gasteiger partial charge in [-0.1, -0.05) is 24.3 Å². The summed E-state index contributed by atoms with van der Waals surface area (Å²) in [5.41, 5.74) is 2.47. The van der Waals surface area contributed by atoms with Gasteiger partial charge in [-0.2, -0.15) is 4.98 Å². The summed E-state index contributed by atoms with van der Waals surface area (Å²) in [4.78, 5) is 31.7. The predicted octanol–water partition coefficient (Wildman–Crippen LogP) is 2.01.